The Morgan fingerprint density at radius 3 is 2.35 bits per heavy atom. The summed E-state index contributed by atoms with van der Waals surface area (Å²) in [5, 5.41) is 0. The Balaban J connectivity index is 1.96. The third-order valence-electron chi connectivity index (χ3n) is 4.81. The fourth-order valence-electron chi connectivity index (χ4n) is 3.58. The van der Waals surface area contributed by atoms with E-state index in [2.05, 4.69) is 0 Å². The van der Waals surface area contributed by atoms with E-state index < -0.39 is 21.3 Å². The molecule has 1 aromatic rings. The maximum absolute atomic E-state index is 13.0. The van der Waals surface area contributed by atoms with Gasteiger partial charge in [-0.25, -0.2) is 12.7 Å². The average Bonchev–Trinajstić information content (AvgIpc) is 2.70. The van der Waals surface area contributed by atoms with Crippen molar-refractivity contribution in [3.05, 3.63) is 29.8 Å². The molecule has 2 saturated heterocycles. The maximum Gasteiger partial charge on any atom is 0.254 e. The first-order valence-electron chi connectivity index (χ1n) is 8.62. The van der Waals surface area contributed by atoms with Gasteiger partial charge in [0.05, 0.1) is 42.2 Å². The molecule has 2 fully saturated rings. The summed E-state index contributed by atoms with van der Waals surface area (Å²) in [7, 11) is -3.75. The van der Waals surface area contributed by atoms with Crippen molar-refractivity contribution in [3.63, 3.8) is 0 Å². The van der Waals surface area contributed by atoms with Gasteiger partial charge in [-0.15, -0.1) is 0 Å². The molecule has 0 spiro atoms. The van der Waals surface area contributed by atoms with E-state index in [1.165, 1.54) is 6.07 Å². The van der Waals surface area contributed by atoms with E-state index >= 15 is 0 Å². The lowest BCUT2D eigenvalue weighted by Gasteiger charge is -2.39. The molecular weight excluding hydrogens is 356 g/mol. The molecule has 1 aromatic carbocycles. The Bertz CT molecular complexity index is 839. The summed E-state index contributed by atoms with van der Waals surface area (Å²) < 4.78 is 31.2. The van der Waals surface area contributed by atoms with Crippen LogP contribution in [0.3, 0.4) is 0 Å². The molecule has 8 heteroatoms. The van der Waals surface area contributed by atoms with Crippen LogP contribution in [0.4, 0.5) is 5.69 Å². The zero-order chi connectivity index (χ0) is 19.3. The Morgan fingerprint density at radius 2 is 1.81 bits per heavy atom. The van der Waals surface area contributed by atoms with Crippen LogP contribution < -0.4 is 4.31 Å². The first-order chi connectivity index (χ1) is 12.0. The third kappa shape index (κ3) is 3.12. The van der Waals surface area contributed by atoms with Crippen molar-refractivity contribution in [2.75, 3.05) is 23.3 Å². The van der Waals surface area contributed by atoms with Gasteiger partial charge in [0.1, 0.15) is 0 Å². The quantitative estimate of drug-likeness (QED) is 0.779. The van der Waals surface area contributed by atoms with E-state index in [0.29, 0.717) is 18.8 Å². The molecule has 142 valence electrons. The number of benzene rings is 1. The van der Waals surface area contributed by atoms with Crippen LogP contribution in [0.2, 0.25) is 0 Å². The number of ether oxygens (including phenoxy) is 1. The van der Waals surface area contributed by atoms with Gasteiger partial charge in [-0.2, -0.15) is 0 Å². The predicted molar refractivity (Wildman–Crippen MR) is 97.4 cm³/mol. The predicted octanol–water partition coefficient (Wildman–Crippen LogP) is 1.64. The van der Waals surface area contributed by atoms with E-state index in [1.807, 2.05) is 13.8 Å². The second-order valence-corrected chi connectivity index (χ2v) is 9.53. The smallest absolute Gasteiger partial charge is 0.254 e. The van der Waals surface area contributed by atoms with Crippen molar-refractivity contribution < 1.29 is 22.7 Å². The van der Waals surface area contributed by atoms with Gasteiger partial charge in [0.25, 0.3) is 5.91 Å². The molecule has 2 amide bonds. The van der Waals surface area contributed by atoms with Crippen LogP contribution >= 0.6 is 0 Å². The first kappa shape index (κ1) is 18.8. The highest BCUT2D eigenvalue weighted by Gasteiger charge is 2.50. The molecule has 2 heterocycles. The summed E-state index contributed by atoms with van der Waals surface area (Å²) in [6.07, 6.45) is 0. The number of anilines is 1. The minimum atomic E-state index is -3.75. The Hall–Kier alpha value is -1.93. The van der Waals surface area contributed by atoms with Crippen LogP contribution in [0.25, 0.3) is 0 Å². The highest BCUT2D eigenvalue weighted by molar-refractivity contribution is 7.94. The highest BCUT2D eigenvalue weighted by atomic mass is 32.2. The lowest BCUT2D eigenvalue weighted by molar-refractivity contribution is -0.123. The van der Waals surface area contributed by atoms with Crippen LogP contribution in [0.1, 0.15) is 38.1 Å². The van der Waals surface area contributed by atoms with Crippen LogP contribution in [-0.2, 0) is 19.6 Å². The number of rotatable bonds is 2. The number of morpholine rings is 1. The Kier molecular flexibility index (Phi) is 4.60. The molecule has 2 aliphatic rings. The molecule has 2 atom stereocenters. The summed E-state index contributed by atoms with van der Waals surface area (Å²) in [5.41, 5.74) is -0.415. The molecule has 0 N–H and O–H groups in total. The second-order valence-electron chi connectivity index (χ2n) is 7.71. The van der Waals surface area contributed by atoms with Crippen LogP contribution in [0.15, 0.2) is 24.3 Å². The summed E-state index contributed by atoms with van der Waals surface area (Å²) in [6, 6.07) is 6.11. The van der Waals surface area contributed by atoms with Gasteiger partial charge in [0.2, 0.25) is 15.9 Å². The van der Waals surface area contributed by atoms with Crippen molar-refractivity contribution in [1.29, 1.82) is 0 Å². The van der Waals surface area contributed by atoms with Gasteiger partial charge < -0.3 is 9.64 Å². The van der Waals surface area contributed by atoms with Crippen LogP contribution in [0, 0.1) is 5.41 Å². The molecule has 2 unspecified atom stereocenters. The van der Waals surface area contributed by atoms with E-state index in [0.717, 1.165) is 4.31 Å². The molecule has 0 bridgehead atoms. The first-order valence-corrected chi connectivity index (χ1v) is 10.2. The number of amides is 2. The van der Waals surface area contributed by atoms with E-state index in [-0.39, 0.29) is 29.4 Å². The number of sulfonamides is 1. The molecular formula is C18H24N2O5S. The van der Waals surface area contributed by atoms with Gasteiger partial charge in [-0.1, -0.05) is 6.07 Å². The van der Waals surface area contributed by atoms with E-state index in [4.69, 9.17) is 4.74 Å². The summed E-state index contributed by atoms with van der Waals surface area (Å²) in [5.74, 6) is -0.914. The van der Waals surface area contributed by atoms with Crippen LogP contribution in [0.5, 0.6) is 0 Å². The largest absolute Gasteiger partial charge is 0.377 e. The number of carbonyl (C=O) groups is 2. The lowest BCUT2D eigenvalue weighted by atomic mass is 9.95. The minimum Gasteiger partial charge on any atom is -0.377 e. The normalized spacial score (nSPS) is 27.6. The van der Waals surface area contributed by atoms with Crippen LogP contribution in [-0.4, -0.2) is 56.2 Å². The zero-order valence-electron chi connectivity index (χ0n) is 15.4. The SMILES string of the molecule is CC1COCC(C)N1C(=O)c1cccc(N2C(=O)C(C)(C)CS2(=O)=O)c1. The van der Waals surface area contributed by atoms with Gasteiger partial charge in [0.15, 0.2) is 0 Å². The topological polar surface area (TPSA) is 84.0 Å². The standard InChI is InChI=1S/C18H24N2O5S/c1-12-9-25-10-13(2)19(12)16(21)14-6-5-7-15(8-14)20-17(22)18(3,4)11-26(20,23)24/h5-8,12-13H,9-11H2,1-4H3. The number of hydrogen-bond donors (Lipinski definition) is 0. The van der Waals surface area contributed by atoms with Crippen molar-refractivity contribution in [1.82, 2.24) is 4.90 Å². The van der Waals surface area contributed by atoms with Crippen molar-refractivity contribution in [2.24, 2.45) is 5.41 Å². The molecule has 3 rings (SSSR count). The fourth-order valence-corrected chi connectivity index (χ4v) is 5.68. The number of nitrogens with zero attached hydrogens (tertiary/aromatic N) is 2. The van der Waals surface area contributed by atoms with Gasteiger partial charge in [-0.3, -0.25) is 9.59 Å². The summed E-state index contributed by atoms with van der Waals surface area (Å²) in [4.78, 5) is 27.3. The summed E-state index contributed by atoms with van der Waals surface area (Å²) in [6.45, 7) is 7.96. The summed E-state index contributed by atoms with van der Waals surface area (Å²) >= 11 is 0. The fraction of sp³-hybridized carbons (Fsp3) is 0.556. The maximum atomic E-state index is 13.0. The van der Waals surface area contributed by atoms with Crippen molar-refractivity contribution in [3.8, 4) is 0 Å². The van der Waals surface area contributed by atoms with Gasteiger partial charge in [-0.05, 0) is 45.9 Å². The third-order valence-corrected chi connectivity index (χ3v) is 6.83. The molecule has 0 saturated carbocycles. The number of carbonyl (C=O) groups excluding carboxylic acids is 2. The van der Waals surface area contributed by atoms with E-state index in [9.17, 15) is 18.0 Å². The lowest BCUT2D eigenvalue weighted by Crippen LogP contribution is -2.52. The van der Waals surface area contributed by atoms with Gasteiger partial charge in [0, 0.05) is 5.56 Å². The molecule has 7 nitrogen and oxygen atoms in total. The van der Waals surface area contributed by atoms with Crippen molar-refractivity contribution in [2.45, 2.75) is 39.8 Å². The molecule has 26 heavy (non-hydrogen) atoms. The van der Waals surface area contributed by atoms with E-state index in [1.54, 1.807) is 36.9 Å². The molecule has 2 aliphatic heterocycles. The molecule has 0 radical (unpaired) electrons. The Morgan fingerprint density at radius 1 is 1.19 bits per heavy atom. The molecule has 0 aliphatic carbocycles. The zero-order valence-corrected chi connectivity index (χ0v) is 16.2. The van der Waals surface area contributed by atoms with Gasteiger partial charge >= 0.3 is 0 Å². The second kappa shape index (κ2) is 6.35. The minimum absolute atomic E-state index is 0.0778. The number of hydrogen-bond acceptors (Lipinski definition) is 5. The highest BCUT2D eigenvalue weighted by Crippen LogP contribution is 2.36. The monoisotopic (exact) mass is 380 g/mol. The van der Waals surface area contributed by atoms with Crippen molar-refractivity contribution >= 4 is 27.5 Å². The Labute approximate surface area is 154 Å². The molecule has 0 aromatic heterocycles. The average molecular weight is 380 g/mol.